The van der Waals surface area contributed by atoms with Crippen molar-refractivity contribution in [2.45, 2.75) is 12.6 Å². The van der Waals surface area contributed by atoms with E-state index in [1.165, 1.54) is 12.1 Å². The lowest BCUT2D eigenvalue weighted by Crippen LogP contribution is -2.47. The molecule has 0 saturated heterocycles. The van der Waals surface area contributed by atoms with Gasteiger partial charge in [-0.15, -0.1) is 0 Å². The van der Waals surface area contributed by atoms with E-state index in [1.807, 2.05) is 35.2 Å². The molecule has 0 aliphatic carbocycles. The molecule has 2 aromatic carbocycles. The zero-order valence-corrected chi connectivity index (χ0v) is 12.3. The summed E-state index contributed by atoms with van der Waals surface area (Å²) < 4.78 is 19.1. The van der Waals surface area contributed by atoms with Crippen LogP contribution in [0.1, 0.15) is 5.56 Å². The Morgan fingerprint density at radius 2 is 2.14 bits per heavy atom. The molecule has 4 nitrogen and oxygen atoms in total. The monoisotopic (exact) mass is 300 g/mol. The third-order valence-corrected chi connectivity index (χ3v) is 3.66. The quantitative estimate of drug-likeness (QED) is 0.946. The standard InChI is InChI=1S/C17H17FN2O2/c1-19-17(21)16-11-20(10-12-5-4-6-13(18)9-12)14-7-2-3-8-15(14)22-16/h2-9,16H,10-11H2,1H3,(H,19,21)/t16-/m1/s1. The Bertz CT molecular complexity index is 690. The zero-order valence-electron chi connectivity index (χ0n) is 12.3. The number of ether oxygens (including phenoxy) is 1. The minimum Gasteiger partial charge on any atom is -0.477 e. The normalized spacial score (nSPS) is 16.6. The van der Waals surface area contributed by atoms with Gasteiger partial charge in [0.15, 0.2) is 6.10 Å². The summed E-state index contributed by atoms with van der Waals surface area (Å²) in [5, 5.41) is 2.61. The molecular formula is C17H17FN2O2. The van der Waals surface area contributed by atoms with Gasteiger partial charge in [0.05, 0.1) is 12.2 Å². The Kier molecular flexibility index (Phi) is 3.96. The SMILES string of the molecule is CNC(=O)[C@H]1CN(Cc2cccc(F)c2)c2ccccc2O1. The van der Waals surface area contributed by atoms with Gasteiger partial charge < -0.3 is 15.0 Å². The number of carbonyl (C=O) groups excluding carboxylic acids is 1. The summed E-state index contributed by atoms with van der Waals surface area (Å²) >= 11 is 0. The Labute approximate surface area is 128 Å². The van der Waals surface area contributed by atoms with Gasteiger partial charge in [-0.3, -0.25) is 4.79 Å². The van der Waals surface area contributed by atoms with Crippen LogP contribution in [0.5, 0.6) is 5.75 Å². The zero-order chi connectivity index (χ0) is 15.5. The van der Waals surface area contributed by atoms with Crippen LogP contribution in [0.4, 0.5) is 10.1 Å². The number of carbonyl (C=O) groups is 1. The molecule has 114 valence electrons. The van der Waals surface area contributed by atoms with Crippen molar-refractivity contribution in [3.8, 4) is 5.75 Å². The number of hydrogen-bond donors (Lipinski definition) is 1. The second kappa shape index (κ2) is 6.05. The minimum absolute atomic E-state index is 0.168. The molecule has 22 heavy (non-hydrogen) atoms. The van der Waals surface area contributed by atoms with Crippen LogP contribution in [-0.4, -0.2) is 25.6 Å². The number of rotatable bonds is 3. The number of halogens is 1. The maximum absolute atomic E-state index is 13.4. The van der Waals surface area contributed by atoms with Crippen LogP contribution in [0, 0.1) is 5.82 Å². The van der Waals surface area contributed by atoms with Gasteiger partial charge in [0, 0.05) is 13.6 Å². The molecule has 0 spiro atoms. The molecule has 1 aliphatic rings. The first-order chi connectivity index (χ1) is 10.7. The van der Waals surface area contributed by atoms with Crippen molar-refractivity contribution < 1.29 is 13.9 Å². The van der Waals surface area contributed by atoms with Crippen molar-refractivity contribution in [2.75, 3.05) is 18.5 Å². The molecule has 0 radical (unpaired) electrons. The molecule has 3 rings (SSSR count). The number of nitrogens with zero attached hydrogens (tertiary/aromatic N) is 1. The molecule has 0 saturated carbocycles. The van der Waals surface area contributed by atoms with Gasteiger partial charge in [-0.25, -0.2) is 4.39 Å². The predicted molar refractivity (Wildman–Crippen MR) is 82.4 cm³/mol. The summed E-state index contributed by atoms with van der Waals surface area (Å²) in [5.41, 5.74) is 1.76. The number of likely N-dealkylation sites (N-methyl/N-ethyl adjacent to an activating group) is 1. The number of fused-ring (bicyclic) bond motifs is 1. The Hall–Kier alpha value is -2.56. The highest BCUT2D eigenvalue weighted by atomic mass is 19.1. The summed E-state index contributed by atoms with van der Waals surface area (Å²) in [6.07, 6.45) is -0.576. The van der Waals surface area contributed by atoms with E-state index in [9.17, 15) is 9.18 Å². The Balaban J connectivity index is 1.89. The van der Waals surface area contributed by atoms with Crippen molar-refractivity contribution in [3.63, 3.8) is 0 Å². The second-order valence-corrected chi connectivity index (χ2v) is 5.20. The fourth-order valence-electron chi connectivity index (χ4n) is 2.61. The van der Waals surface area contributed by atoms with E-state index in [-0.39, 0.29) is 11.7 Å². The molecule has 0 fully saturated rings. The van der Waals surface area contributed by atoms with Crippen LogP contribution >= 0.6 is 0 Å². The molecule has 2 aromatic rings. The van der Waals surface area contributed by atoms with Gasteiger partial charge in [-0.1, -0.05) is 24.3 Å². The Morgan fingerprint density at radius 3 is 2.91 bits per heavy atom. The molecule has 0 unspecified atom stereocenters. The maximum Gasteiger partial charge on any atom is 0.262 e. The summed E-state index contributed by atoms with van der Waals surface area (Å²) in [6.45, 7) is 0.943. The van der Waals surface area contributed by atoms with Crippen molar-refractivity contribution >= 4 is 11.6 Å². The van der Waals surface area contributed by atoms with Gasteiger partial charge in [0.25, 0.3) is 5.91 Å². The summed E-state index contributed by atoms with van der Waals surface area (Å²) in [6, 6.07) is 14.0. The predicted octanol–water partition coefficient (Wildman–Crippen LogP) is 2.34. The first-order valence-corrected chi connectivity index (χ1v) is 7.14. The average Bonchev–Trinajstić information content (AvgIpc) is 2.54. The highest BCUT2D eigenvalue weighted by molar-refractivity contribution is 5.83. The molecule has 0 aromatic heterocycles. The van der Waals surface area contributed by atoms with Gasteiger partial charge in [-0.2, -0.15) is 0 Å². The van der Waals surface area contributed by atoms with Crippen LogP contribution in [0.2, 0.25) is 0 Å². The first-order valence-electron chi connectivity index (χ1n) is 7.14. The summed E-state index contributed by atoms with van der Waals surface area (Å²) in [5.74, 6) is 0.236. The first kappa shape index (κ1) is 14.4. The number of hydrogen-bond acceptors (Lipinski definition) is 3. The van der Waals surface area contributed by atoms with E-state index >= 15 is 0 Å². The molecule has 5 heteroatoms. The Morgan fingerprint density at radius 1 is 1.32 bits per heavy atom. The number of nitrogens with one attached hydrogen (secondary N) is 1. The number of para-hydroxylation sites is 2. The molecule has 1 N–H and O–H groups in total. The lowest BCUT2D eigenvalue weighted by molar-refractivity contribution is -0.127. The maximum atomic E-state index is 13.4. The molecule has 1 amide bonds. The number of anilines is 1. The number of amides is 1. The van der Waals surface area contributed by atoms with E-state index in [0.29, 0.717) is 18.8 Å². The van der Waals surface area contributed by atoms with Crippen molar-refractivity contribution in [3.05, 3.63) is 59.9 Å². The molecule has 0 bridgehead atoms. The van der Waals surface area contributed by atoms with Crippen molar-refractivity contribution in [1.82, 2.24) is 5.32 Å². The van der Waals surface area contributed by atoms with Crippen LogP contribution in [0.15, 0.2) is 48.5 Å². The van der Waals surface area contributed by atoms with E-state index in [1.54, 1.807) is 13.1 Å². The number of benzene rings is 2. The van der Waals surface area contributed by atoms with Crippen LogP contribution < -0.4 is 15.0 Å². The largest absolute Gasteiger partial charge is 0.477 e. The highest BCUT2D eigenvalue weighted by Gasteiger charge is 2.29. The molecule has 1 aliphatic heterocycles. The van der Waals surface area contributed by atoms with E-state index in [2.05, 4.69) is 5.32 Å². The lowest BCUT2D eigenvalue weighted by atomic mass is 10.1. The second-order valence-electron chi connectivity index (χ2n) is 5.20. The highest BCUT2D eigenvalue weighted by Crippen LogP contribution is 2.34. The average molecular weight is 300 g/mol. The van der Waals surface area contributed by atoms with E-state index in [0.717, 1.165) is 11.3 Å². The van der Waals surface area contributed by atoms with Crippen molar-refractivity contribution in [1.29, 1.82) is 0 Å². The van der Waals surface area contributed by atoms with Crippen LogP contribution in [0.3, 0.4) is 0 Å². The summed E-state index contributed by atoms with van der Waals surface area (Å²) in [7, 11) is 1.59. The minimum atomic E-state index is -0.576. The van der Waals surface area contributed by atoms with Crippen molar-refractivity contribution in [2.24, 2.45) is 0 Å². The topological polar surface area (TPSA) is 41.6 Å². The van der Waals surface area contributed by atoms with E-state index < -0.39 is 6.10 Å². The van der Waals surface area contributed by atoms with Gasteiger partial charge in [0.2, 0.25) is 0 Å². The fourth-order valence-corrected chi connectivity index (χ4v) is 2.61. The van der Waals surface area contributed by atoms with E-state index in [4.69, 9.17) is 4.74 Å². The smallest absolute Gasteiger partial charge is 0.262 e. The van der Waals surface area contributed by atoms with Crippen LogP contribution in [-0.2, 0) is 11.3 Å². The fraction of sp³-hybridized carbons (Fsp3) is 0.235. The van der Waals surface area contributed by atoms with Crippen LogP contribution in [0.25, 0.3) is 0 Å². The third kappa shape index (κ3) is 2.88. The lowest BCUT2D eigenvalue weighted by Gasteiger charge is -2.35. The van der Waals surface area contributed by atoms with Gasteiger partial charge in [0.1, 0.15) is 11.6 Å². The van der Waals surface area contributed by atoms with Gasteiger partial charge >= 0.3 is 0 Å². The third-order valence-electron chi connectivity index (χ3n) is 3.66. The summed E-state index contributed by atoms with van der Waals surface area (Å²) in [4.78, 5) is 13.9. The van der Waals surface area contributed by atoms with Gasteiger partial charge in [-0.05, 0) is 29.8 Å². The molecule has 1 atom stereocenters. The molecular weight excluding hydrogens is 283 g/mol. The molecule has 1 heterocycles.